The van der Waals surface area contributed by atoms with Gasteiger partial charge < -0.3 is 19.8 Å². The van der Waals surface area contributed by atoms with Gasteiger partial charge in [0.25, 0.3) is 0 Å². The summed E-state index contributed by atoms with van der Waals surface area (Å²) in [5, 5.41) is 14.0. The van der Waals surface area contributed by atoms with Crippen LogP contribution in [0.3, 0.4) is 0 Å². The number of aliphatic hydroxyl groups is 1. The van der Waals surface area contributed by atoms with E-state index in [2.05, 4.69) is 141 Å². The number of unbranched alkanes of at least 4 members (excludes halogenated alkanes) is 30. The fraction of sp³-hybridized carbons (Fsp3) is 0.697. The monoisotopic (exact) mass is 1200 g/mol. The van der Waals surface area contributed by atoms with Gasteiger partial charge in [0.1, 0.15) is 13.2 Å². The van der Waals surface area contributed by atoms with Crippen LogP contribution >= 0.6 is 7.82 Å². The molecule has 0 saturated heterocycles. The highest BCUT2D eigenvalue weighted by Gasteiger charge is 2.28. The van der Waals surface area contributed by atoms with Crippen molar-refractivity contribution in [1.29, 1.82) is 0 Å². The van der Waals surface area contributed by atoms with E-state index in [0.717, 1.165) is 122 Å². The average molecular weight is 1200 g/mol. The number of phosphoric acid groups is 1. The fourth-order valence-corrected chi connectivity index (χ4v) is 10.4. The molecule has 3 N–H and O–H groups in total. The van der Waals surface area contributed by atoms with Gasteiger partial charge in [0.2, 0.25) is 5.91 Å². The molecule has 0 heterocycles. The maximum absolute atomic E-state index is 13.0. The standard InChI is InChI=1S/C76H133N2O6P/c1-6-8-10-12-14-16-18-20-22-24-26-28-30-32-34-36-38-40-41-43-45-47-49-51-53-55-57-59-61-63-65-67-69-75(79)74(73-84-85(81,82)83-72-71-78(3,4)5)77-76(80)70-68-66-64-62-60-58-56-54-52-50-48-46-44-42-39-37-35-33-31-29-27-25-23-21-19-17-15-13-11-9-7-2/h9,11,15,17,21,23,27,29,33,35,39,42,46,48,51-54,59,61,67,69,74-75,79H,6-8,10,12-14,16,18-20,22,24-26,28,30-32,34,36-38,40-41,43-45,47,49-50,55-58,60,62-66,68,70-73H2,1-5H3,(H-,77,80,81,82)/p+1/b11-9-,17-15-,23-21-,29-27-,35-33-,42-39-,48-46-,53-51+,54-52-,61-59+,69-67+. The zero-order chi connectivity index (χ0) is 61.9. The van der Waals surface area contributed by atoms with E-state index in [1.165, 1.54) is 148 Å². The van der Waals surface area contributed by atoms with Crippen LogP contribution in [0.4, 0.5) is 0 Å². The average Bonchev–Trinajstić information content (AvgIpc) is 3.49. The highest BCUT2D eigenvalue weighted by molar-refractivity contribution is 7.47. The molecule has 0 saturated carbocycles. The van der Waals surface area contributed by atoms with Crippen LogP contribution in [0.1, 0.15) is 290 Å². The van der Waals surface area contributed by atoms with Gasteiger partial charge in [-0.1, -0.05) is 308 Å². The summed E-state index contributed by atoms with van der Waals surface area (Å²) >= 11 is 0. The lowest BCUT2D eigenvalue weighted by atomic mass is 10.0. The van der Waals surface area contributed by atoms with Gasteiger partial charge in [0.05, 0.1) is 39.9 Å². The maximum Gasteiger partial charge on any atom is 0.472 e. The minimum Gasteiger partial charge on any atom is -0.387 e. The third kappa shape index (κ3) is 68.0. The molecular formula is C76H134N2O6P+. The number of carbonyl (C=O) groups is 1. The summed E-state index contributed by atoms with van der Waals surface area (Å²) < 4.78 is 23.8. The molecule has 0 aromatic carbocycles. The molecule has 0 radical (unpaired) electrons. The summed E-state index contributed by atoms with van der Waals surface area (Å²) in [6.45, 7) is 4.67. The van der Waals surface area contributed by atoms with E-state index in [0.29, 0.717) is 17.4 Å². The summed E-state index contributed by atoms with van der Waals surface area (Å²) in [6.07, 6.45) is 98.9. The van der Waals surface area contributed by atoms with Crippen LogP contribution in [0.5, 0.6) is 0 Å². The quantitative estimate of drug-likeness (QED) is 0.0243. The fourth-order valence-electron chi connectivity index (χ4n) is 9.68. The van der Waals surface area contributed by atoms with Crippen molar-refractivity contribution < 1.29 is 32.9 Å². The summed E-state index contributed by atoms with van der Waals surface area (Å²) in [6, 6.07) is -0.891. The second kappa shape index (κ2) is 65.1. The number of phosphoric ester groups is 1. The molecule has 9 heteroatoms. The number of hydrogen-bond acceptors (Lipinski definition) is 5. The van der Waals surface area contributed by atoms with Gasteiger partial charge in [-0.05, 0) is 109 Å². The Morgan fingerprint density at radius 3 is 1.08 bits per heavy atom. The second-order valence-electron chi connectivity index (χ2n) is 24.5. The Hall–Kier alpha value is -3.36. The number of aliphatic hydroxyl groups excluding tert-OH is 1. The predicted molar refractivity (Wildman–Crippen MR) is 373 cm³/mol. The number of quaternary nitrogens is 1. The van der Waals surface area contributed by atoms with Crippen LogP contribution in [-0.2, 0) is 18.4 Å². The lowest BCUT2D eigenvalue weighted by Crippen LogP contribution is -2.45. The molecule has 3 atom stereocenters. The summed E-state index contributed by atoms with van der Waals surface area (Å²) in [5.41, 5.74) is 0. The number of rotatable bonds is 63. The van der Waals surface area contributed by atoms with Crippen molar-refractivity contribution >= 4 is 13.7 Å². The second-order valence-corrected chi connectivity index (χ2v) is 26.0. The van der Waals surface area contributed by atoms with Gasteiger partial charge in [-0.3, -0.25) is 13.8 Å². The van der Waals surface area contributed by atoms with Crippen molar-refractivity contribution in [1.82, 2.24) is 5.32 Å². The van der Waals surface area contributed by atoms with Gasteiger partial charge in [-0.15, -0.1) is 0 Å². The van der Waals surface area contributed by atoms with Crippen LogP contribution in [0.25, 0.3) is 0 Å². The van der Waals surface area contributed by atoms with Crippen molar-refractivity contribution in [2.24, 2.45) is 0 Å². The molecule has 8 nitrogen and oxygen atoms in total. The minimum absolute atomic E-state index is 0.0431. The Kier molecular flexibility index (Phi) is 62.5. The molecule has 85 heavy (non-hydrogen) atoms. The molecule has 0 fully saturated rings. The van der Waals surface area contributed by atoms with Crippen LogP contribution in [-0.4, -0.2) is 73.4 Å². The Balaban J connectivity index is 4.23. The van der Waals surface area contributed by atoms with Crippen molar-refractivity contribution in [2.45, 2.75) is 302 Å². The van der Waals surface area contributed by atoms with Gasteiger partial charge in [0.15, 0.2) is 0 Å². The smallest absolute Gasteiger partial charge is 0.387 e. The Morgan fingerprint density at radius 2 is 0.718 bits per heavy atom. The topological polar surface area (TPSA) is 105 Å². The lowest BCUT2D eigenvalue weighted by molar-refractivity contribution is -0.870. The Morgan fingerprint density at radius 1 is 0.412 bits per heavy atom. The molecule has 488 valence electrons. The van der Waals surface area contributed by atoms with Crippen LogP contribution < -0.4 is 5.32 Å². The number of allylic oxidation sites excluding steroid dienone is 21. The van der Waals surface area contributed by atoms with Crippen molar-refractivity contribution in [3.8, 4) is 0 Å². The molecule has 0 aliphatic heterocycles. The first kappa shape index (κ1) is 81.6. The minimum atomic E-state index is -4.38. The van der Waals surface area contributed by atoms with Gasteiger partial charge in [-0.2, -0.15) is 0 Å². The number of amides is 1. The molecule has 0 rings (SSSR count). The zero-order valence-electron chi connectivity index (χ0n) is 55.8. The van der Waals surface area contributed by atoms with Crippen LogP contribution in [0.2, 0.25) is 0 Å². The maximum atomic E-state index is 13.0. The molecule has 0 aliphatic carbocycles. The summed E-state index contributed by atoms with van der Waals surface area (Å²) in [4.78, 5) is 23.4. The number of nitrogens with one attached hydrogen (secondary N) is 1. The first-order chi connectivity index (χ1) is 41.5. The van der Waals surface area contributed by atoms with E-state index >= 15 is 0 Å². The van der Waals surface area contributed by atoms with Crippen LogP contribution in [0, 0.1) is 0 Å². The van der Waals surface area contributed by atoms with E-state index in [1.807, 2.05) is 27.2 Å². The molecular weight excluding hydrogens is 1070 g/mol. The van der Waals surface area contributed by atoms with Gasteiger partial charge >= 0.3 is 7.82 Å². The molecule has 1 amide bonds. The Bertz CT molecular complexity index is 1850. The first-order valence-corrected chi connectivity index (χ1v) is 36.6. The summed E-state index contributed by atoms with van der Waals surface area (Å²) in [7, 11) is 1.52. The van der Waals surface area contributed by atoms with Gasteiger partial charge in [-0.25, -0.2) is 4.57 Å². The molecule has 0 aromatic heterocycles. The van der Waals surface area contributed by atoms with Gasteiger partial charge in [0, 0.05) is 6.42 Å². The summed E-state index contributed by atoms with van der Waals surface area (Å²) in [5.74, 6) is -0.209. The van der Waals surface area contributed by atoms with E-state index in [9.17, 15) is 19.4 Å². The van der Waals surface area contributed by atoms with E-state index in [1.54, 1.807) is 6.08 Å². The predicted octanol–water partition coefficient (Wildman–Crippen LogP) is 22.6. The lowest BCUT2D eigenvalue weighted by Gasteiger charge is -2.25. The number of likely N-dealkylation sites (N-methyl/N-ethyl adjacent to an activating group) is 1. The van der Waals surface area contributed by atoms with Crippen molar-refractivity contribution in [3.63, 3.8) is 0 Å². The van der Waals surface area contributed by atoms with E-state index in [-0.39, 0.29) is 19.1 Å². The van der Waals surface area contributed by atoms with Crippen LogP contribution in [0.15, 0.2) is 134 Å². The number of hydrogen-bond donors (Lipinski definition) is 3. The third-order valence-electron chi connectivity index (χ3n) is 15.1. The Labute approximate surface area is 526 Å². The molecule has 0 spiro atoms. The zero-order valence-corrected chi connectivity index (χ0v) is 56.7. The first-order valence-electron chi connectivity index (χ1n) is 35.1. The third-order valence-corrected chi connectivity index (χ3v) is 16.1. The van der Waals surface area contributed by atoms with E-state index < -0.39 is 20.0 Å². The highest BCUT2D eigenvalue weighted by atomic mass is 31.2. The van der Waals surface area contributed by atoms with E-state index in [4.69, 9.17) is 9.05 Å². The SMILES string of the molecule is CC/C=C\C/C=C\C/C=C\C/C=C\C/C=C\C/C=C\C/C=C\C/C=C\CCCCCCCCC(=O)NC(COP(=O)(O)OCC[N+](C)(C)C)C(O)/C=C/CC/C=C/CC/C=C/CCCCCCCCCCCCCCCCCCCCCCCC. The highest BCUT2D eigenvalue weighted by Crippen LogP contribution is 2.43. The molecule has 3 unspecified atom stereocenters. The van der Waals surface area contributed by atoms with Crippen molar-refractivity contribution in [2.75, 3.05) is 40.9 Å². The largest absolute Gasteiger partial charge is 0.472 e. The normalized spacial score (nSPS) is 14.5. The molecule has 0 aliphatic rings. The number of nitrogens with zero attached hydrogens (tertiary/aromatic N) is 1. The number of carbonyl (C=O) groups excluding carboxylic acids is 1. The molecule has 0 bridgehead atoms. The van der Waals surface area contributed by atoms with Crippen molar-refractivity contribution in [3.05, 3.63) is 134 Å². The molecule has 0 aromatic rings.